The zero-order valence-corrected chi connectivity index (χ0v) is 9.90. The summed E-state index contributed by atoms with van der Waals surface area (Å²) in [4.78, 5) is 15.7. The predicted molar refractivity (Wildman–Crippen MR) is 62.7 cm³/mol. The lowest BCUT2D eigenvalue weighted by Crippen LogP contribution is -2.19. The van der Waals surface area contributed by atoms with Crippen LogP contribution in [-0.2, 0) is 11.2 Å². The minimum Gasteiger partial charge on any atom is -0.369 e. The molecule has 3 rings (SSSR count). The second-order valence-electron chi connectivity index (χ2n) is 4.60. The van der Waals surface area contributed by atoms with Crippen LogP contribution in [0.5, 0.6) is 0 Å². The van der Waals surface area contributed by atoms with E-state index in [2.05, 4.69) is 10.1 Å². The van der Waals surface area contributed by atoms with E-state index in [1.165, 1.54) is 0 Å². The fourth-order valence-electron chi connectivity index (χ4n) is 2.53. The van der Waals surface area contributed by atoms with Crippen LogP contribution >= 0.6 is 0 Å². The monoisotopic (exact) mass is 230 g/mol. The summed E-state index contributed by atoms with van der Waals surface area (Å²) in [5.74, 6) is -0.475. The molecule has 1 unspecified atom stereocenters. The fourth-order valence-corrected chi connectivity index (χ4v) is 2.53. The molecule has 5 nitrogen and oxygen atoms in total. The highest BCUT2D eigenvalue weighted by Crippen LogP contribution is 2.33. The molecule has 0 bridgehead atoms. The molecule has 0 spiro atoms. The normalized spacial score (nSPS) is 18.6. The molecule has 0 fully saturated rings. The molecular weight excluding hydrogens is 216 g/mol. The van der Waals surface area contributed by atoms with Crippen LogP contribution in [0.4, 0.5) is 0 Å². The van der Waals surface area contributed by atoms with Gasteiger partial charge in [0.15, 0.2) is 5.65 Å². The predicted octanol–water partition coefficient (Wildman–Crippen LogP) is 0.861. The molecular formula is C12H14N4O. The first kappa shape index (κ1) is 10.3. The first-order valence-electron chi connectivity index (χ1n) is 5.72. The number of rotatable bonds is 1. The molecule has 1 aliphatic carbocycles. The summed E-state index contributed by atoms with van der Waals surface area (Å²) < 4.78 is 1.86. The summed E-state index contributed by atoms with van der Waals surface area (Å²) in [6.45, 7) is 3.98. The fraction of sp³-hybridized carbons (Fsp3) is 0.417. The van der Waals surface area contributed by atoms with Crippen LogP contribution in [0.2, 0.25) is 0 Å². The summed E-state index contributed by atoms with van der Waals surface area (Å²) in [5.41, 5.74) is 10.4. The van der Waals surface area contributed by atoms with Crippen molar-refractivity contribution in [1.82, 2.24) is 14.6 Å². The van der Waals surface area contributed by atoms with Crippen LogP contribution < -0.4 is 5.73 Å². The Morgan fingerprint density at radius 1 is 1.53 bits per heavy atom. The van der Waals surface area contributed by atoms with Gasteiger partial charge >= 0.3 is 0 Å². The third-order valence-corrected chi connectivity index (χ3v) is 3.63. The average molecular weight is 230 g/mol. The molecule has 1 amide bonds. The van der Waals surface area contributed by atoms with Crippen molar-refractivity contribution in [2.45, 2.75) is 32.6 Å². The lowest BCUT2D eigenvalue weighted by molar-refractivity contribution is -0.119. The maximum absolute atomic E-state index is 11.3. The Morgan fingerprint density at radius 3 is 3.00 bits per heavy atom. The smallest absolute Gasteiger partial charge is 0.225 e. The first-order valence-corrected chi connectivity index (χ1v) is 5.72. The summed E-state index contributed by atoms with van der Waals surface area (Å²) in [6, 6.07) is 0. The van der Waals surface area contributed by atoms with E-state index < -0.39 is 0 Å². The van der Waals surface area contributed by atoms with Gasteiger partial charge in [0.05, 0.1) is 17.3 Å². The van der Waals surface area contributed by atoms with Gasteiger partial charge in [-0.15, -0.1) is 0 Å². The molecule has 1 atom stereocenters. The molecule has 0 aromatic carbocycles. The van der Waals surface area contributed by atoms with Gasteiger partial charge in [-0.05, 0) is 26.7 Å². The standard InChI is InChI=1S/C12H14N4O/c1-6-7(2)15-16-10-4-3-8(11(13)17)9(10)5-14-12(6)16/h5,8H,3-4H2,1-2H3,(H2,13,17). The minimum absolute atomic E-state index is 0.202. The molecule has 0 aliphatic heterocycles. The molecule has 5 heteroatoms. The Balaban J connectivity index is 2.29. The number of hydrogen-bond acceptors (Lipinski definition) is 3. The summed E-state index contributed by atoms with van der Waals surface area (Å²) in [5, 5.41) is 4.48. The highest BCUT2D eigenvalue weighted by atomic mass is 16.1. The Bertz CT molecular complexity index is 629. The second-order valence-corrected chi connectivity index (χ2v) is 4.60. The van der Waals surface area contributed by atoms with Gasteiger partial charge in [-0.25, -0.2) is 9.50 Å². The van der Waals surface area contributed by atoms with Crippen molar-refractivity contribution in [2.24, 2.45) is 5.73 Å². The Labute approximate surface area is 98.6 Å². The molecule has 0 saturated heterocycles. The molecule has 0 saturated carbocycles. The van der Waals surface area contributed by atoms with Gasteiger partial charge in [0, 0.05) is 17.3 Å². The van der Waals surface area contributed by atoms with Gasteiger partial charge in [0.1, 0.15) is 0 Å². The molecule has 0 radical (unpaired) electrons. The Hall–Kier alpha value is -1.91. The van der Waals surface area contributed by atoms with E-state index in [4.69, 9.17) is 5.73 Å². The number of aromatic nitrogens is 3. The zero-order chi connectivity index (χ0) is 12.2. The number of carbonyl (C=O) groups excluding carboxylic acids is 1. The lowest BCUT2D eigenvalue weighted by atomic mass is 10.0. The largest absolute Gasteiger partial charge is 0.369 e. The van der Waals surface area contributed by atoms with Crippen molar-refractivity contribution in [3.05, 3.63) is 28.7 Å². The molecule has 17 heavy (non-hydrogen) atoms. The van der Waals surface area contributed by atoms with Gasteiger partial charge < -0.3 is 5.73 Å². The molecule has 2 heterocycles. The number of nitrogens with zero attached hydrogens (tertiary/aromatic N) is 3. The van der Waals surface area contributed by atoms with E-state index in [1.54, 1.807) is 6.20 Å². The highest BCUT2D eigenvalue weighted by molar-refractivity contribution is 5.83. The number of carbonyl (C=O) groups is 1. The number of amides is 1. The van der Waals surface area contributed by atoms with Crippen LogP contribution in [0.25, 0.3) is 5.65 Å². The van der Waals surface area contributed by atoms with Crippen molar-refractivity contribution >= 4 is 11.6 Å². The average Bonchev–Trinajstić information content (AvgIpc) is 2.82. The van der Waals surface area contributed by atoms with E-state index in [0.29, 0.717) is 0 Å². The van der Waals surface area contributed by atoms with Crippen LogP contribution in [-0.4, -0.2) is 20.5 Å². The van der Waals surface area contributed by atoms with Crippen LogP contribution in [0.3, 0.4) is 0 Å². The second kappa shape index (κ2) is 3.29. The maximum Gasteiger partial charge on any atom is 0.225 e. The quantitative estimate of drug-likeness (QED) is 0.789. The summed E-state index contributed by atoms with van der Waals surface area (Å²) in [7, 11) is 0. The van der Waals surface area contributed by atoms with E-state index >= 15 is 0 Å². The molecule has 1 aliphatic rings. The third-order valence-electron chi connectivity index (χ3n) is 3.63. The van der Waals surface area contributed by atoms with Crippen LogP contribution in [0.15, 0.2) is 6.20 Å². The van der Waals surface area contributed by atoms with Gasteiger partial charge in [-0.1, -0.05) is 0 Å². The topological polar surface area (TPSA) is 73.3 Å². The first-order chi connectivity index (χ1) is 8.09. The molecule has 2 aromatic rings. The number of fused-ring (bicyclic) bond motifs is 3. The number of aryl methyl sites for hydroxylation is 3. The Morgan fingerprint density at radius 2 is 2.29 bits per heavy atom. The number of primary amides is 1. The van der Waals surface area contributed by atoms with Gasteiger partial charge in [-0.3, -0.25) is 4.79 Å². The van der Waals surface area contributed by atoms with Gasteiger partial charge in [-0.2, -0.15) is 5.10 Å². The summed E-state index contributed by atoms with van der Waals surface area (Å²) in [6.07, 6.45) is 3.38. The van der Waals surface area contributed by atoms with Crippen LogP contribution in [0, 0.1) is 13.8 Å². The zero-order valence-electron chi connectivity index (χ0n) is 9.90. The van der Waals surface area contributed by atoms with E-state index in [9.17, 15) is 4.79 Å². The minimum atomic E-state index is -0.273. The van der Waals surface area contributed by atoms with Gasteiger partial charge in [0.25, 0.3) is 0 Å². The molecule has 2 aromatic heterocycles. The van der Waals surface area contributed by atoms with Crippen molar-refractivity contribution in [3.63, 3.8) is 0 Å². The maximum atomic E-state index is 11.3. The number of hydrogen-bond donors (Lipinski definition) is 1. The van der Waals surface area contributed by atoms with Crippen molar-refractivity contribution in [3.8, 4) is 0 Å². The van der Waals surface area contributed by atoms with Crippen molar-refractivity contribution in [2.75, 3.05) is 0 Å². The van der Waals surface area contributed by atoms with Crippen molar-refractivity contribution < 1.29 is 4.79 Å². The lowest BCUT2D eigenvalue weighted by Gasteiger charge is -2.06. The van der Waals surface area contributed by atoms with E-state index in [1.807, 2.05) is 18.4 Å². The molecule has 2 N–H and O–H groups in total. The van der Waals surface area contributed by atoms with Gasteiger partial charge in [0.2, 0.25) is 5.91 Å². The summed E-state index contributed by atoms with van der Waals surface area (Å²) >= 11 is 0. The number of nitrogens with two attached hydrogens (primary N) is 1. The SMILES string of the molecule is Cc1nn2c3c(cnc2c1C)C(C(N)=O)CC3. The van der Waals surface area contributed by atoms with Crippen molar-refractivity contribution in [1.29, 1.82) is 0 Å². The molecule has 88 valence electrons. The van der Waals surface area contributed by atoms with E-state index in [0.717, 1.165) is 41.0 Å². The van der Waals surface area contributed by atoms with Crippen LogP contribution in [0.1, 0.15) is 34.9 Å². The third kappa shape index (κ3) is 1.28. The van der Waals surface area contributed by atoms with E-state index in [-0.39, 0.29) is 11.8 Å². The highest BCUT2D eigenvalue weighted by Gasteiger charge is 2.30. The Kier molecular flexibility index (Phi) is 1.98.